The van der Waals surface area contributed by atoms with Gasteiger partial charge >= 0.3 is 17.9 Å². The van der Waals surface area contributed by atoms with Crippen molar-refractivity contribution in [1.29, 1.82) is 0 Å². The summed E-state index contributed by atoms with van der Waals surface area (Å²) >= 11 is 0. The van der Waals surface area contributed by atoms with E-state index in [1.807, 2.05) is 0 Å². The van der Waals surface area contributed by atoms with Gasteiger partial charge in [0.1, 0.15) is 0 Å². The number of carboxylic acids is 5. The molecule has 12 N–H and O–H groups in total. The number of aliphatic carboxylic acids is 5. The Morgan fingerprint density at radius 3 is 1.10 bits per heavy atom. The van der Waals surface area contributed by atoms with E-state index in [1.54, 1.807) is 0 Å². The molecular formula is C8H16N2O11. The lowest BCUT2D eigenvalue weighted by molar-refractivity contribution is -0.345. The van der Waals surface area contributed by atoms with Crippen LogP contribution in [-0.2, 0) is 24.0 Å². The fourth-order valence-corrected chi connectivity index (χ4v) is 0.714. The first-order valence-corrected chi connectivity index (χ1v) is 4.24. The van der Waals surface area contributed by atoms with Gasteiger partial charge in [0.05, 0.1) is 24.8 Å². The van der Waals surface area contributed by atoms with Crippen LogP contribution in [0.5, 0.6) is 0 Å². The van der Waals surface area contributed by atoms with Gasteiger partial charge in [0.25, 0.3) is 0 Å². The Hall–Kier alpha value is -2.77. The Bertz CT molecular complexity index is 377. The quantitative estimate of drug-likeness (QED) is 0.265. The normalized spacial score (nSPS) is 8.81. The Kier molecular flexibility index (Phi) is 14.1. The number of rotatable bonds is 5. The first kappa shape index (κ1) is 26.7. The summed E-state index contributed by atoms with van der Waals surface area (Å²) in [6.45, 7) is 0. The zero-order valence-corrected chi connectivity index (χ0v) is 11.1. The van der Waals surface area contributed by atoms with Gasteiger partial charge in [-0.1, -0.05) is 0 Å². The molecule has 0 radical (unpaired) electrons. The molecule has 0 fully saturated rings. The molecule has 0 aromatic rings. The number of aliphatic hydroxyl groups is 1. The van der Waals surface area contributed by atoms with E-state index in [2.05, 4.69) is 0 Å². The Morgan fingerprint density at radius 1 is 0.762 bits per heavy atom. The summed E-state index contributed by atoms with van der Waals surface area (Å²) in [6, 6.07) is 0. The summed E-state index contributed by atoms with van der Waals surface area (Å²) in [6.07, 6.45) is -2.29. The average Bonchev–Trinajstić information content (AvgIpc) is 2.14. The number of hydrogen-bond donors (Lipinski definition) is 6. The van der Waals surface area contributed by atoms with Crippen LogP contribution in [0.1, 0.15) is 12.8 Å². The van der Waals surface area contributed by atoms with Crippen LogP contribution in [0.4, 0.5) is 0 Å². The first-order valence-electron chi connectivity index (χ1n) is 4.24. The van der Waals surface area contributed by atoms with E-state index in [1.165, 1.54) is 0 Å². The largest absolute Gasteiger partial charge is 0.543 e. The van der Waals surface area contributed by atoms with E-state index in [4.69, 9.17) is 40.2 Å². The molecule has 0 aromatic carbocycles. The molecule has 0 unspecified atom stereocenters. The van der Waals surface area contributed by atoms with Gasteiger partial charge in [0.2, 0.25) is 0 Å². The highest BCUT2D eigenvalue weighted by Crippen LogP contribution is 2.15. The maximum Gasteiger partial charge on any atom is 0.336 e. The molecule has 13 heteroatoms. The van der Waals surface area contributed by atoms with Crippen LogP contribution in [0.25, 0.3) is 0 Å². The van der Waals surface area contributed by atoms with Crippen molar-refractivity contribution < 1.29 is 54.6 Å². The van der Waals surface area contributed by atoms with Crippen LogP contribution >= 0.6 is 0 Å². The van der Waals surface area contributed by atoms with Crippen LogP contribution in [0, 0.1) is 0 Å². The molecule has 0 bridgehead atoms. The zero-order valence-electron chi connectivity index (χ0n) is 11.1. The van der Waals surface area contributed by atoms with Crippen LogP contribution in [0.2, 0.25) is 0 Å². The summed E-state index contributed by atoms with van der Waals surface area (Å²) in [5.74, 6) is -9.39. The highest BCUT2D eigenvalue weighted by atomic mass is 16.4. The average molecular weight is 316 g/mol. The van der Waals surface area contributed by atoms with Gasteiger partial charge in [-0.15, -0.1) is 0 Å². The molecule has 13 nitrogen and oxygen atoms in total. The maximum absolute atomic E-state index is 10.3. The van der Waals surface area contributed by atoms with Crippen LogP contribution < -0.4 is 22.5 Å². The minimum Gasteiger partial charge on any atom is -0.543 e. The molecule has 21 heavy (non-hydrogen) atoms. The molecular weight excluding hydrogens is 300 g/mol. The van der Waals surface area contributed by atoms with Crippen molar-refractivity contribution in [2.75, 3.05) is 0 Å². The van der Waals surface area contributed by atoms with Crippen molar-refractivity contribution in [3.05, 3.63) is 0 Å². The highest BCUT2D eigenvalue weighted by molar-refractivity contribution is 6.25. The van der Waals surface area contributed by atoms with E-state index < -0.39 is 48.3 Å². The second kappa shape index (κ2) is 11.1. The third kappa shape index (κ3) is 13.5. The monoisotopic (exact) mass is 316 g/mol. The molecule has 0 rings (SSSR count). The zero-order chi connectivity index (χ0) is 15.8. The Morgan fingerprint density at radius 2 is 1.00 bits per heavy atom. The molecule has 0 heterocycles. The predicted molar refractivity (Wildman–Crippen MR) is 59.1 cm³/mol. The van der Waals surface area contributed by atoms with Gasteiger partial charge in [-0.05, 0) is 0 Å². The van der Waals surface area contributed by atoms with Crippen LogP contribution in [0.3, 0.4) is 0 Å². The number of carboxylic acid groups (broad SMARTS) is 5. The maximum atomic E-state index is 10.3. The topological polar surface area (TPSA) is 285 Å². The van der Waals surface area contributed by atoms with Crippen molar-refractivity contribution in [2.24, 2.45) is 0 Å². The molecule has 0 aliphatic rings. The second-order valence-electron chi connectivity index (χ2n) is 3.05. The first-order chi connectivity index (χ1) is 8.42. The number of hydrogen-bond acceptors (Lipinski definition) is 8. The number of carbonyl (C=O) groups is 5. The number of carbonyl (C=O) groups excluding carboxylic acids is 2. The molecule has 0 aromatic heterocycles. The van der Waals surface area contributed by atoms with Gasteiger partial charge in [0.15, 0.2) is 5.60 Å². The predicted octanol–water partition coefficient (Wildman–Crippen LogP) is -4.01. The van der Waals surface area contributed by atoms with Crippen molar-refractivity contribution in [2.45, 2.75) is 18.4 Å². The van der Waals surface area contributed by atoms with Crippen molar-refractivity contribution in [3.8, 4) is 0 Å². The van der Waals surface area contributed by atoms with Crippen molar-refractivity contribution in [1.82, 2.24) is 12.3 Å². The Balaban J connectivity index is -0.000000156. The van der Waals surface area contributed by atoms with E-state index in [0.717, 1.165) is 0 Å². The van der Waals surface area contributed by atoms with Gasteiger partial charge < -0.3 is 52.5 Å². The highest BCUT2D eigenvalue weighted by Gasteiger charge is 2.40. The summed E-state index contributed by atoms with van der Waals surface area (Å²) in [5.41, 5.74) is -2.74. The van der Waals surface area contributed by atoms with E-state index in [-0.39, 0.29) is 12.3 Å². The summed E-state index contributed by atoms with van der Waals surface area (Å²) in [5, 5.41) is 51.7. The standard InChI is InChI=1S/C6H8O7.C2H2O4.2H3N/c7-3(8)1-6(13,5(11)12)2-4(9)10;3-1(4)2(5)6;;/h13H,1-2H2,(H,7,8)(H,9,10)(H,11,12);(H,3,4)(H,5,6);2*1H3. The minimum atomic E-state index is -2.74. The van der Waals surface area contributed by atoms with Gasteiger partial charge in [-0.25, -0.2) is 4.79 Å². The van der Waals surface area contributed by atoms with E-state index in [0.29, 0.717) is 0 Å². The SMILES string of the molecule is O=C(O)CC(O)(CC(=O)O)C(=O)O.O=C([O-])C(=O)[O-].[NH4+].[NH4+]. The van der Waals surface area contributed by atoms with Crippen molar-refractivity contribution in [3.63, 3.8) is 0 Å². The molecule has 124 valence electrons. The molecule has 0 spiro atoms. The summed E-state index contributed by atoms with van der Waals surface area (Å²) in [4.78, 5) is 48.3. The lowest BCUT2D eigenvalue weighted by Crippen LogP contribution is -2.42. The van der Waals surface area contributed by atoms with Gasteiger partial charge in [-0.3, -0.25) is 9.59 Å². The second-order valence-corrected chi connectivity index (χ2v) is 3.05. The lowest BCUT2D eigenvalue weighted by atomic mass is 9.96. The van der Waals surface area contributed by atoms with Crippen LogP contribution in [-0.4, -0.2) is 55.9 Å². The van der Waals surface area contributed by atoms with Gasteiger partial charge in [-0.2, -0.15) is 0 Å². The van der Waals surface area contributed by atoms with Gasteiger partial charge in [0, 0.05) is 0 Å². The molecule has 0 aliphatic heterocycles. The Labute approximate surface area is 116 Å². The molecule has 0 saturated carbocycles. The summed E-state index contributed by atoms with van der Waals surface area (Å²) < 4.78 is 0. The van der Waals surface area contributed by atoms with E-state index in [9.17, 15) is 14.4 Å². The minimum absolute atomic E-state index is 0. The molecule has 0 atom stereocenters. The lowest BCUT2D eigenvalue weighted by Gasteiger charge is -2.18. The molecule has 0 saturated heterocycles. The fraction of sp³-hybridized carbons (Fsp3) is 0.375. The third-order valence-corrected chi connectivity index (χ3v) is 1.45. The van der Waals surface area contributed by atoms with Crippen LogP contribution in [0.15, 0.2) is 0 Å². The molecule has 0 amide bonds. The number of quaternary nitrogens is 2. The fourth-order valence-electron chi connectivity index (χ4n) is 0.714. The molecule has 0 aliphatic carbocycles. The van der Waals surface area contributed by atoms with E-state index >= 15 is 0 Å². The van der Waals surface area contributed by atoms with Crippen molar-refractivity contribution >= 4 is 29.8 Å². The third-order valence-electron chi connectivity index (χ3n) is 1.45. The summed E-state index contributed by atoms with van der Waals surface area (Å²) in [7, 11) is 0. The smallest absolute Gasteiger partial charge is 0.336 e.